The normalized spacial score (nSPS) is 15.1. The lowest BCUT2D eigenvalue weighted by Gasteiger charge is -2.12. The summed E-state index contributed by atoms with van der Waals surface area (Å²) >= 11 is 8.50. The molecule has 0 fully saturated rings. The largest absolute Gasteiger partial charge is 0.493 e. The van der Waals surface area contributed by atoms with Crippen molar-refractivity contribution < 1.29 is 9.84 Å². The van der Waals surface area contributed by atoms with Crippen LogP contribution in [-0.4, -0.2) is 11.7 Å². The van der Waals surface area contributed by atoms with Gasteiger partial charge in [-0.25, -0.2) is 0 Å². The first kappa shape index (κ1) is 13.6. The second-order valence-electron chi connectivity index (χ2n) is 4.54. The van der Waals surface area contributed by atoms with Crippen LogP contribution in [0.3, 0.4) is 0 Å². The van der Waals surface area contributed by atoms with E-state index in [4.69, 9.17) is 4.74 Å². The van der Waals surface area contributed by atoms with E-state index < -0.39 is 6.10 Å². The van der Waals surface area contributed by atoms with Crippen LogP contribution in [0.5, 0.6) is 5.75 Å². The molecular weight excluding hydrogens is 392 g/mol. The Kier molecular flexibility index (Phi) is 3.98. The summed E-state index contributed by atoms with van der Waals surface area (Å²) < 4.78 is 7.75. The number of hydrogen-bond acceptors (Lipinski definition) is 3. The Morgan fingerprint density at radius 1 is 1.26 bits per heavy atom. The zero-order valence-electron chi connectivity index (χ0n) is 10.0. The molecule has 2 aromatic rings. The van der Waals surface area contributed by atoms with Crippen molar-refractivity contribution in [2.24, 2.45) is 0 Å². The molecule has 1 aliphatic heterocycles. The van der Waals surface area contributed by atoms with Gasteiger partial charge in [0.05, 0.1) is 12.7 Å². The first-order valence-electron chi connectivity index (χ1n) is 5.99. The van der Waals surface area contributed by atoms with E-state index in [9.17, 15) is 5.11 Å². The molecule has 0 radical (unpaired) electrons. The van der Waals surface area contributed by atoms with Gasteiger partial charge >= 0.3 is 0 Å². The summed E-state index contributed by atoms with van der Waals surface area (Å²) in [5, 5.41) is 12.3. The highest BCUT2D eigenvalue weighted by Crippen LogP contribution is 2.36. The van der Waals surface area contributed by atoms with Gasteiger partial charge in [0.15, 0.2) is 0 Å². The summed E-state index contributed by atoms with van der Waals surface area (Å²) in [6, 6.07) is 6.10. The molecule has 1 aromatic heterocycles. The Hall–Kier alpha value is -0.360. The number of hydrogen-bond donors (Lipinski definition) is 1. The van der Waals surface area contributed by atoms with Crippen LogP contribution < -0.4 is 4.74 Å². The molecule has 0 amide bonds. The monoisotopic (exact) mass is 402 g/mol. The van der Waals surface area contributed by atoms with Gasteiger partial charge < -0.3 is 9.84 Å². The summed E-state index contributed by atoms with van der Waals surface area (Å²) in [4.78, 5) is 0.971. The molecule has 0 aliphatic carbocycles. The van der Waals surface area contributed by atoms with E-state index in [2.05, 4.69) is 37.9 Å². The summed E-state index contributed by atoms with van der Waals surface area (Å²) in [5.74, 6) is 0.956. The fourth-order valence-electron chi connectivity index (χ4n) is 2.31. The molecule has 0 spiro atoms. The molecule has 1 aliphatic rings. The lowest BCUT2D eigenvalue weighted by molar-refractivity contribution is 0.181. The van der Waals surface area contributed by atoms with Crippen LogP contribution in [0.2, 0.25) is 0 Å². The van der Waals surface area contributed by atoms with Crippen LogP contribution in [0.25, 0.3) is 0 Å². The number of aliphatic hydroxyl groups excluding tert-OH is 1. The average Bonchev–Trinajstić information content (AvgIpc) is 2.97. The topological polar surface area (TPSA) is 29.5 Å². The van der Waals surface area contributed by atoms with E-state index >= 15 is 0 Å². The van der Waals surface area contributed by atoms with Crippen molar-refractivity contribution in [1.29, 1.82) is 0 Å². The highest BCUT2D eigenvalue weighted by molar-refractivity contribution is 9.10. The fourth-order valence-corrected chi connectivity index (χ4v) is 4.29. The van der Waals surface area contributed by atoms with E-state index in [1.54, 1.807) is 11.3 Å². The van der Waals surface area contributed by atoms with E-state index in [0.717, 1.165) is 38.2 Å². The SMILES string of the molecule is OC(Cc1cc(Br)cc2c1OCC2)c1cc(Br)cs1. The summed E-state index contributed by atoms with van der Waals surface area (Å²) in [6.07, 6.45) is 1.04. The second kappa shape index (κ2) is 5.56. The molecule has 0 saturated heterocycles. The Labute approximate surface area is 132 Å². The molecule has 1 aromatic carbocycles. The summed E-state index contributed by atoms with van der Waals surface area (Å²) in [7, 11) is 0. The van der Waals surface area contributed by atoms with Crippen molar-refractivity contribution in [2.75, 3.05) is 6.61 Å². The first-order chi connectivity index (χ1) is 9.13. The number of halogens is 2. The van der Waals surface area contributed by atoms with Gasteiger partial charge in [-0.1, -0.05) is 15.9 Å². The van der Waals surface area contributed by atoms with E-state index in [0.29, 0.717) is 6.42 Å². The van der Waals surface area contributed by atoms with Gasteiger partial charge in [0.1, 0.15) is 5.75 Å². The maximum absolute atomic E-state index is 10.3. The molecule has 1 N–H and O–H groups in total. The smallest absolute Gasteiger partial charge is 0.125 e. The molecule has 0 bridgehead atoms. The third-order valence-electron chi connectivity index (χ3n) is 3.15. The molecule has 19 heavy (non-hydrogen) atoms. The molecule has 0 saturated carbocycles. The minimum absolute atomic E-state index is 0.487. The lowest BCUT2D eigenvalue weighted by atomic mass is 10.0. The predicted molar refractivity (Wildman–Crippen MR) is 84.0 cm³/mol. The molecule has 2 heterocycles. The van der Waals surface area contributed by atoms with Crippen LogP contribution in [0.15, 0.2) is 32.5 Å². The lowest BCUT2D eigenvalue weighted by Crippen LogP contribution is -2.01. The van der Waals surface area contributed by atoms with Gasteiger partial charge in [-0.05, 0) is 45.3 Å². The zero-order chi connectivity index (χ0) is 13.4. The molecule has 5 heteroatoms. The zero-order valence-corrected chi connectivity index (χ0v) is 14.0. The fraction of sp³-hybridized carbons (Fsp3) is 0.286. The minimum atomic E-state index is -0.487. The number of benzene rings is 1. The Balaban J connectivity index is 1.87. The van der Waals surface area contributed by atoms with Crippen LogP contribution >= 0.6 is 43.2 Å². The molecule has 1 unspecified atom stereocenters. The van der Waals surface area contributed by atoms with Crippen molar-refractivity contribution in [3.63, 3.8) is 0 Å². The average molecular weight is 404 g/mol. The quantitative estimate of drug-likeness (QED) is 0.818. The second-order valence-corrected chi connectivity index (χ2v) is 7.31. The molecule has 1 atom stereocenters. The number of thiophene rings is 1. The van der Waals surface area contributed by atoms with Crippen LogP contribution in [0.4, 0.5) is 0 Å². The number of fused-ring (bicyclic) bond motifs is 1. The van der Waals surface area contributed by atoms with Crippen molar-refractivity contribution in [3.8, 4) is 5.75 Å². The number of ether oxygens (including phenoxy) is 1. The van der Waals surface area contributed by atoms with Gasteiger partial charge in [0, 0.05) is 32.0 Å². The molecule has 3 rings (SSSR count). The van der Waals surface area contributed by atoms with Gasteiger partial charge in [-0.15, -0.1) is 11.3 Å². The first-order valence-corrected chi connectivity index (χ1v) is 8.46. The van der Waals surface area contributed by atoms with Crippen LogP contribution in [0.1, 0.15) is 22.1 Å². The van der Waals surface area contributed by atoms with Crippen molar-refractivity contribution in [1.82, 2.24) is 0 Å². The highest BCUT2D eigenvalue weighted by Gasteiger charge is 2.20. The number of aliphatic hydroxyl groups is 1. The van der Waals surface area contributed by atoms with Gasteiger partial charge in [0.25, 0.3) is 0 Å². The summed E-state index contributed by atoms with van der Waals surface area (Å²) in [6.45, 7) is 0.736. The van der Waals surface area contributed by atoms with E-state index in [1.807, 2.05) is 17.5 Å². The standard InChI is InChI=1S/C14H12Br2O2S/c15-10-3-8-1-2-18-14(8)9(4-10)5-12(17)13-6-11(16)7-19-13/h3-4,6-7,12,17H,1-2,5H2. The highest BCUT2D eigenvalue weighted by atomic mass is 79.9. The van der Waals surface area contributed by atoms with Crippen molar-refractivity contribution >= 4 is 43.2 Å². The third kappa shape index (κ3) is 2.89. The Morgan fingerprint density at radius 3 is 2.84 bits per heavy atom. The van der Waals surface area contributed by atoms with Crippen molar-refractivity contribution in [2.45, 2.75) is 18.9 Å². The number of rotatable bonds is 3. The Bertz CT molecular complexity index is 609. The van der Waals surface area contributed by atoms with Gasteiger partial charge in [-0.2, -0.15) is 0 Å². The van der Waals surface area contributed by atoms with E-state index in [-0.39, 0.29) is 0 Å². The third-order valence-corrected chi connectivity index (χ3v) is 5.41. The molecular formula is C14H12Br2O2S. The molecule has 100 valence electrons. The van der Waals surface area contributed by atoms with Crippen LogP contribution in [-0.2, 0) is 12.8 Å². The van der Waals surface area contributed by atoms with E-state index in [1.165, 1.54) is 5.56 Å². The van der Waals surface area contributed by atoms with Gasteiger partial charge in [-0.3, -0.25) is 0 Å². The minimum Gasteiger partial charge on any atom is -0.493 e. The van der Waals surface area contributed by atoms with Crippen molar-refractivity contribution in [3.05, 3.63) is 48.5 Å². The molecule has 2 nitrogen and oxygen atoms in total. The Morgan fingerprint density at radius 2 is 2.11 bits per heavy atom. The van der Waals surface area contributed by atoms with Gasteiger partial charge in [0.2, 0.25) is 0 Å². The summed E-state index contributed by atoms with van der Waals surface area (Å²) in [5.41, 5.74) is 2.29. The predicted octanol–water partition coefficient (Wildman–Crippen LogP) is 4.48. The van der Waals surface area contributed by atoms with Crippen LogP contribution in [0, 0.1) is 0 Å². The maximum Gasteiger partial charge on any atom is 0.125 e. The maximum atomic E-state index is 10.3.